The highest BCUT2D eigenvalue weighted by Gasteiger charge is 2.35. The zero-order chi connectivity index (χ0) is 19.8. The molecule has 1 aromatic carbocycles. The molecule has 8 heteroatoms. The van der Waals surface area contributed by atoms with Gasteiger partial charge in [0, 0.05) is 31.7 Å². The van der Waals surface area contributed by atoms with E-state index in [0.29, 0.717) is 19.2 Å². The summed E-state index contributed by atoms with van der Waals surface area (Å²) in [6.45, 7) is 4.83. The van der Waals surface area contributed by atoms with E-state index in [0.717, 1.165) is 12.1 Å². The summed E-state index contributed by atoms with van der Waals surface area (Å²) in [5.74, 6) is -0.876. The summed E-state index contributed by atoms with van der Waals surface area (Å²) in [6, 6.07) is 5.53. The van der Waals surface area contributed by atoms with E-state index >= 15 is 0 Å². The number of alkyl halides is 3. The third-order valence-electron chi connectivity index (χ3n) is 5.06. The van der Waals surface area contributed by atoms with Crippen LogP contribution in [-0.4, -0.2) is 40.9 Å². The first-order valence-electron chi connectivity index (χ1n) is 8.62. The lowest BCUT2D eigenvalue weighted by Crippen LogP contribution is -2.58. The molecule has 1 aromatic heterocycles. The van der Waals surface area contributed by atoms with Crippen molar-refractivity contribution in [1.82, 2.24) is 9.80 Å². The second kappa shape index (κ2) is 7.34. The Morgan fingerprint density at radius 2 is 1.93 bits per heavy atom. The van der Waals surface area contributed by atoms with Gasteiger partial charge in [0.2, 0.25) is 0 Å². The van der Waals surface area contributed by atoms with E-state index in [1.165, 1.54) is 6.26 Å². The molecule has 3 rings (SSSR count). The third kappa shape index (κ3) is 4.16. The fourth-order valence-electron chi connectivity index (χ4n) is 3.40. The summed E-state index contributed by atoms with van der Waals surface area (Å²) in [6.07, 6.45) is -3.16. The molecule has 4 nitrogen and oxygen atoms in total. The van der Waals surface area contributed by atoms with E-state index in [1.54, 1.807) is 17.0 Å². The van der Waals surface area contributed by atoms with E-state index in [2.05, 4.69) is 0 Å². The minimum Gasteiger partial charge on any atom is -0.459 e. The van der Waals surface area contributed by atoms with Crippen molar-refractivity contribution >= 4 is 5.91 Å². The van der Waals surface area contributed by atoms with Crippen molar-refractivity contribution < 1.29 is 26.8 Å². The number of rotatable bonds is 3. The van der Waals surface area contributed by atoms with E-state index in [9.17, 15) is 22.4 Å². The van der Waals surface area contributed by atoms with Gasteiger partial charge in [-0.15, -0.1) is 0 Å². The highest BCUT2D eigenvalue weighted by atomic mass is 19.4. The summed E-state index contributed by atoms with van der Waals surface area (Å²) in [4.78, 5) is 16.2. The molecule has 27 heavy (non-hydrogen) atoms. The molecular weight excluding hydrogens is 364 g/mol. The Kier molecular flexibility index (Phi) is 5.28. The summed E-state index contributed by atoms with van der Waals surface area (Å²) >= 11 is 0. The summed E-state index contributed by atoms with van der Waals surface area (Å²) in [7, 11) is 0. The van der Waals surface area contributed by atoms with Crippen LogP contribution in [0, 0.1) is 5.82 Å². The van der Waals surface area contributed by atoms with E-state index in [1.807, 2.05) is 18.7 Å². The van der Waals surface area contributed by atoms with Crippen LogP contribution in [0.3, 0.4) is 0 Å². The van der Waals surface area contributed by atoms with Crippen LogP contribution in [-0.2, 0) is 12.7 Å². The fraction of sp³-hybridized carbons (Fsp3) is 0.421. The van der Waals surface area contributed by atoms with Gasteiger partial charge in [-0.3, -0.25) is 9.69 Å². The lowest BCUT2D eigenvalue weighted by atomic mass is 10.0. The molecule has 2 atom stereocenters. The molecule has 1 aliphatic rings. The lowest BCUT2D eigenvalue weighted by molar-refractivity contribution is -0.137. The Morgan fingerprint density at radius 1 is 1.19 bits per heavy atom. The number of carbonyl (C=O) groups excluding carboxylic acids is 1. The fourth-order valence-corrected chi connectivity index (χ4v) is 3.40. The van der Waals surface area contributed by atoms with Crippen LogP contribution >= 0.6 is 0 Å². The predicted molar refractivity (Wildman–Crippen MR) is 90.5 cm³/mol. The average molecular weight is 384 g/mol. The van der Waals surface area contributed by atoms with Gasteiger partial charge in [0.1, 0.15) is 5.82 Å². The number of benzene rings is 1. The molecule has 2 heterocycles. The van der Waals surface area contributed by atoms with Crippen LogP contribution in [0.25, 0.3) is 0 Å². The number of carbonyl (C=O) groups is 1. The topological polar surface area (TPSA) is 36.7 Å². The molecule has 0 bridgehead atoms. The normalized spacial score (nSPS) is 21.5. The monoisotopic (exact) mass is 384 g/mol. The van der Waals surface area contributed by atoms with Crippen LogP contribution in [0.2, 0.25) is 0 Å². The van der Waals surface area contributed by atoms with Crippen molar-refractivity contribution in [2.75, 3.05) is 13.1 Å². The zero-order valence-corrected chi connectivity index (χ0v) is 15.0. The van der Waals surface area contributed by atoms with Crippen molar-refractivity contribution in [3.05, 3.63) is 59.3 Å². The summed E-state index contributed by atoms with van der Waals surface area (Å²) < 4.78 is 57.5. The highest BCUT2D eigenvalue weighted by molar-refractivity contribution is 5.91. The van der Waals surface area contributed by atoms with Crippen LogP contribution in [0.15, 0.2) is 41.0 Å². The van der Waals surface area contributed by atoms with E-state index in [-0.39, 0.29) is 35.9 Å². The molecule has 146 valence electrons. The minimum atomic E-state index is -4.59. The first-order chi connectivity index (χ1) is 12.7. The molecule has 0 radical (unpaired) electrons. The number of hydrogen-bond donors (Lipinski definition) is 0. The number of furan rings is 1. The summed E-state index contributed by atoms with van der Waals surface area (Å²) in [5.41, 5.74) is -0.739. The molecule has 1 aliphatic heterocycles. The number of amides is 1. The second-order valence-electron chi connectivity index (χ2n) is 6.77. The molecule has 0 spiro atoms. The standard InChI is InChI=1S/C19H20F4N2O2/c1-12-13(2)25(18(26)17-4-3-7-27-17)6-5-24(12)11-14-8-15(19(21,22)23)10-16(20)9-14/h3-4,7-10,12-13H,5-6,11H2,1-2H3/t12-,13+/m0/s1. The number of hydrogen-bond acceptors (Lipinski definition) is 3. The van der Waals surface area contributed by atoms with Crippen molar-refractivity contribution in [2.45, 2.75) is 38.7 Å². The molecule has 2 aromatic rings. The first kappa shape index (κ1) is 19.4. The second-order valence-corrected chi connectivity index (χ2v) is 6.77. The van der Waals surface area contributed by atoms with Gasteiger partial charge in [-0.05, 0) is 49.7 Å². The number of piperazine rings is 1. The SMILES string of the molecule is C[C@@H]1[C@H](C)N(Cc2cc(F)cc(C(F)(F)F)c2)CCN1C(=O)c1ccco1. The number of halogens is 4. The summed E-state index contributed by atoms with van der Waals surface area (Å²) in [5, 5.41) is 0. The Balaban J connectivity index is 1.73. The Hall–Kier alpha value is -2.35. The van der Waals surface area contributed by atoms with Crippen LogP contribution in [0.1, 0.15) is 35.5 Å². The lowest BCUT2D eigenvalue weighted by Gasteiger charge is -2.44. The maximum absolute atomic E-state index is 13.6. The van der Waals surface area contributed by atoms with Crippen LogP contribution in [0.5, 0.6) is 0 Å². The molecule has 0 aliphatic carbocycles. The smallest absolute Gasteiger partial charge is 0.416 e. The molecule has 0 N–H and O–H groups in total. The third-order valence-corrected chi connectivity index (χ3v) is 5.06. The Morgan fingerprint density at radius 3 is 2.56 bits per heavy atom. The van der Waals surface area contributed by atoms with Gasteiger partial charge in [0.05, 0.1) is 11.8 Å². The van der Waals surface area contributed by atoms with Gasteiger partial charge >= 0.3 is 6.18 Å². The highest BCUT2D eigenvalue weighted by Crippen LogP contribution is 2.31. The number of nitrogens with zero attached hydrogens (tertiary/aromatic N) is 2. The van der Waals surface area contributed by atoms with Crippen molar-refractivity contribution in [2.24, 2.45) is 0 Å². The van der Waals surface area contributed by atoms with Gasteiger partial charge in [-0.1, -0.05) is 0 Å². The van der Waals surface area contributed by atoms with Gasteiger partial charge in [0.25, 0.3) is 5.91 Å². The molecule has 1 saturated heterocycles. The molecule has 0 unspecified atom stereocenters. The molecule has 1 fully saturated rings. The van der Waals surface area contributed by atoms with Crippen LogP contribution < -0.4 is 0 Å². The van der Waals surface area contributed by atoms with E-state index < -0.39 is 17.6 Å². The molecule has 1 amide bonds. The van der Waals surface area contributed by atoms with Gasteiger partial charge in [-0.2, -0.15) is 13.2 Å². The first-order valence-corrected chi connectivity index (χ1v) is 8.62. The van der Waals surface area contributed by atoms with Crippen molar-refractivity contribution in [1.29, 1.82) is 0 Å². The minimum absolute atomic E-state index is 0.115. The molecular formula is C19H20F4N2O2. The average Bonchev–Trinajstić information content (AvgIpc) is 3.12. The maximum atomic E-state index is 13.6. The van der Waals surface area contributed by atoms with Gasteiger partial charge < -0.3 is 9.32 Å². The van der Waals surface area contributed by atoms with E-state index in [4.69, 9.17) is 4.42 Å². The van der Waals surface area contributed by atoms with Crippen molar-refractivity contribution in [3.8, 4) is 0 Å². The van der Waals surface area contributed by atoms with Crippen molar-refractivity contribution in [3.63, 3.8) is 0 Å². The Bertz CT molecular complexity index is 805. The maximum Gasteiger partial charge on any atom is 0.416 e. The zero-order valence-electron chi connectivity index (χ0n) is 15.0. The van der Waals surface area contributed by atoms with Gasteiger partial charge in [-0.25, -0.2) is 4.39 Å². The quantitative estimate of drug-likeness (QED) is 0.746. The molecule has 0 saturated carbocycles. The van der Waals surface area contributed by atoms with Gasteiger partial charge in [0.15, 0.2) is 5.76 Å². The largest absolute Gasteiger partial charge is 0.459 e. The predicted octanol–water partition coefficient (Wildman–Crippen LogP) is 4.17. The Labute approximate surface area is 154 Å². The van der Waals surface area contributed by atoms with Crippen LogP contribution in [0.4, 0.5) is 17.6 Å².